The molecule has 0 saturated carbocycles. The molecule has 0 aliphatic heterocycles. The highest BCUT2D eigenvalue weighted by atomic mass is 35.5. The highest BCUT2D eigenvalue weighted by Crippen LogP contribution is 2.32. The quantitative estimate of drug-likeness (QED) is 0.552. The Hall–Kier alpha value is -2.39. The van der Waals surface area contributed by atoms with E-state index in [0.717, 1.165) is 28.4 Å². The van der Waals surface area contributed by atoms with Gasteiger partial charge in [0.1, 0.15) is 0 Å². The molecule has 0 unspecified atom stereocenters. The van der Waals surface area contributed by atoms with E-state index in [1.807, 2.05) is 30.3 Å². The minimum Gasteiger partial charge on any atom is -0.333 e. The van der Waals surface area contributed by atoms with Crippen LogP contribution < -0.4 is 0 Å². The first-order valence-corrected chi connectivity index (χ1v) is 7.14. The highest BCUT2D eigenvalue weighted by molar-refractivity contribution is 6.35. The minimum atomic E-state index is 0.444. The second-order valence-corrected chi connectivity index (χ2v) is 5.34. The van der Waals surface area contributed by atoms with Gasteiger partial charge < -0.3 is 4.57 Å². The van der Waals surface area contributed by atoms with Gasteiger partial charge in [0.25, 0.3) is 0 Å². The van der Waals surface area contributed by atoms with Gasteiger partial charge in [0.2, 0.25) is 0 Å². The van der Waals surface area contributed by atoms with E-state index in [9.17, 15) is 0 Å². The van der Waals surface area contributed by atoms with Crippen LogP contribution in [-0.2, 0) is 6.54 Å². The van der Waals surface area contributed by atoms with Gasteiger partial charge in [0.15, 0.2) is 5.15 Å². The molecule has 4 aromatic rings. The van der Waals surface area contributed by atoms with E-state index in [1.165, 1.54) is 5.56 Å². The molecule has 0 aliphatic carbocycles. The van der Waals surface area contributed by atoms with Crippen LogP contribution in [0.3, 0.4) is 0 Å². The molecule has 3 nitrogen and oxygen atoms in total. The maximum Gasteiger partial charge on any atom is 0.175 e. The summed E-state index contributed by atoms with van der Waals surface area (Å²) in [5.74, 6) is 0. The first-order chi connectivity index (χ1) is 10.3. The van der Waals surface area contributed by atoms with Gasteiger partial charge in [-0.2, -0.15) is 5.10 Å². The monoisotopic (exact) mass is 293 g/mol. The van der Waals surface area contributed by atoms with Gasteiger partial charge in [0.05, 0.1) is 11.7 Å². The number of fused-ring (bicyclic) bond motifs is 3. The molecule has 21 heavy (non-hydrogen) atoms. The van der Waals surface area contributed by atoms with Crippen molar-refractivity contribution in [3.8, 4) is 0 Å². The number of hydrogen-bond donors (Lipinski definition) is 0. The predicted molar refractivity (Wildman–Crippen MR) is 85.6 cm³/mol. The largest absolute Gasteiger partial charge is 0.333 e. The number of rotatable bonds is 2. The van der Waals surface area contributed by atoms with Crippen molar-refractivity contribution in [2.24, 2.45) is 0 Å². The molecule has 0 atom stereocenters. The normalized spacial score (nSPS) is 11.3. The van der Waals surface area contributed by atoms with Gasteiger partial charge in [-0.05, 0) is 11.6 Å². The summed E-state index contributed by atoms with van der Waals surface area (Å²) in [5, 5.41) is 10.6. The molecule has 4 rings (SSSR count). The summed E-state index contributed by atoms with van der Waals surface area (Å²) in [6, 6.07) is 18.6. The summed E-state index contributed by atoms with van der Waals surface area (Å²) in [5.41, 5.74) is 3.32. The van der Waals surface area contributed by atoms with Crippen molar-refractivity contribution in [3.63, 3.8) is 0 Å². The Kier molecular flexibility index (Phi) is 2.86. The molecule has 4 heteroatoms. The first-order valence-electron chi connectivity index (χ1n) is 6.76. The average molecular weight is 294 g/mol. The number of hydrogen-bond acceptors (Lipinski definition) is 2. The van der Waals surface area contributed by atoms with Crippen LogP contribution in [0.25, 0.3) is 21.8 Å². The SMILES string of the molecule is Clc1nncc2c3ccccc3n(Cc3ccccc3)c12. The Labute approximate surface area is 126 Å². The van der Waals surface area contributed by atoms with E-state index in [1.54, 1.807) is 6.20 Å². The third-order valence-corrected chi connectivity index (χ3v) is 3.98. The minimum absolute atomic E-state index is 0.444. The van der Waals surface area contributed by atoms with E-state index < -0.39 is 0 Å². The number of aromatic nitrogens is 3. The lowest BCUT2D eigenvalue weighted by molar-refractivity contribution is 0.863. The molecule has 0 spiro atoms. The fourth-order valence-corrected chi connectivity index (χ4v) is 3.05. The maximum absolute atomic E-state index is 6.31. The van der Waals surface area contributed by atoms with Crippen LogP contribution in [0.1, 0.15) is 5.56 Å². The van der Waals surface area contributed by atoms with Crippen molar-refractivity contribution >= 4 is 33.4 Å². The lowest BCUT2D eigenvalue weighted by Gasteiger charge is -2.08. The molecule has 2 aromatic heterocycles. The second kappa shape index (κ2) is 4.86. The van der Waals surface area contributed by atoms with Gasteiger partial charge in [-0.15, -0.1) is 5.10 Å². The highest BCUT2D eigenvalue weighted by Gasteiger charge is 2.14. The lowest BCUT2D eigenvalue weighted by atomic mass is 10.2. The van der Waals surface area contributed by atoms with E-state index in [2.05, 4.69) is 39.0 Å². The summed E-state index contributed by atoms with van der Waals surface area (Å²) in [7, 11) is 0. The molecule has 2 heterocycles. The van der Waals surface area contributed by atoms with Crippen LogP contribution >= 0.6 is 11.6 Å². The Morgan fingerprint density at radius 3 is 2.52 bits per heavy atom. The van der Waals surface area contributed by atoms with E-state index in [4.69, 9.17) is 11.6 Å². The van der Waals surface area contributed by atoms with Crippen LogP contribution in [0, 0.1) is 0 Å². The van der Waals surface area contributed by atoms with Crippen molar-refractivity contribution in [1.29, 1.82) is 0 Å². The van der Waals surface area contributed by atoms with Gasteiger partial charge in [-0.25, -0.2) is 0 Å². The van der Waals surface area contributed by atoms with Crippen LogP contribution in [0.15, 0.2) is 60.8 Å². The van der Waals surface area contributed by atoms with E-state index >= 15 is 0 Å². The third-order valence-electron chi connectivity index (χ3n) is 3.72. The molecule has 102 valence electrons. The van der Waals surface area contributed by atoms with E-state index in [0.29, 0.717) is 5.15 Å². The summed E-state index contributed by atoms with van der Waals surface area (Å²) in [4.78, 5) is 0. The molecule has 0 bridgehead atoms. The summed E-state index contributed by atoms with van der Waals surface area (Å²) in [6.45, 7) is 0.760. The predicted octanol–water partition coefficient (Wildman–Crippen LogP) is 4.29. The fraction of sp³-hybridized carbons (Fsp3) is 0.0588. The smallest absolute Gasteiger partial charge is 0.175 e. The Morgan fingerprint density at radius 2 is 1.67 bits per heavy atom. The van der Waals surface area contributed by atoms with Gasteiger partial charge in [-0.1, -0.05) is 60.1 Å². The molecule has 0 radical (unpaired) electrons. The Bertz CT molecular complexity index is 929. The fourth-order valence-electron chi connectivity index (χ4n) is 2.80. The van der Waals surface area contributed by atoms with Crippen LogP contribution in [0.2, 0.25) is 5.15 Å². The van der Waals surface area contributed by atoms with Crippen molar-refractivity contribution in [2.75, 3.05) is 0 Å². The molecule has 0 saturated heterocycles. The Morgan fingerprint density at radius 1 is 0.905 bits per heavy atom. The molecule has 0 fully saturated rings. The van der Waals surface area contributed by atoms with Crippen LogP contribution in [-0.4, -0.2) is 14.8 Å². The molecule has 0 N–H and O–H groups in total. The zero-order valence-electron chi connectivity index (χ0n) is 11.2. The summed E-state index contributed by atoms with van der Waals surface area (Å²) < 4.78 is 2.21. The molecule has 0 aliphatic rings. The second-order valence-electron chi connectivity index (χ2n) is 4.99. The van der Waals surface area contributed by atoms with Crippen molar-refractivity contribution < 1.29 is 0 Å². The molecule has 0 amide bonds. The molecule has 2 aromatic carbocycles. The summed E-state index contributed by atoms with van der Waals surface area (Å²) in [6.07, 6.45) is 1.78. The average Bonchev–Trinajstić information content (AvgIpc) is 2.84. The topological polar surface area (TPSA) is 30.7 Å². The lowest BCUT2D eigenvalue weighted by Crippen LogP contribution is -2.00. The van der Waals surface area contributed by atoms with Gasteiger partial charge in [0, 0.05) is 22.8 Å². The van der Waals surface area contributed by atoms with Crippen molar-refractivity contribution in [1.82, 2.24) is 14.8 Å². The summed E-state index contributed by atoms with van der Waals surface area (Å²) >= 11 is 6.31. The Balaban J connectivity index is 2.05. The van der Waals surface area contributed by atoms with Gasteiger partial charge in [-0.3, -0.25) is 0 Å². The van der Waals surface area contributed by atoms with Crippen molar-refractivity contribution in [3.05, 3.63) is 71.5 Å². The zero-order valence-corrected chi connectivity index (χ0v) is 12.0. The van der Waals surface area contributed by atoms with Crippen molar-refractivity contribution in [2.45, 2.75) is 6.54 Å². The van der Waals surface area contributed by atoms with Crippen LogP contribution in [0.5, 0.6) is 0 Å². The third kappa shape index (κ3) is 1.98. The van der Waals surface area contributed by atoms with Gasteiger partial charge >= 0.3 is 0 Å². The number of para-hydroxylation sites is 1. The standard InChI is InChI=1S/C17H12ClN3/c18-17-16-14(10-19-20-17)13-8-4-5-9-15(13)21(16)11-12-6-2-1-3-7-12/h1-10H,11H2. The number of nitrogens with zero attached hydrogens (tertiary/aromatic N) is 3. The number of halogens is 1. The molecular formula is C17H12ClN3. The number of benzene rings is 2. The van der Waals surface area contributed by atoms with E-state index in [-0.39, 0.29) is 0 Å². The zero-order chi connectivity index (χ0) is 14.2. The van der Waals surface area contributed by atoms with Crippen LogP contribution in [0.4, 0.5) is 0 Å². The first kappa shape index (κ1) is 12.4. The molecular weight excluding hydrogens is 282 g/mol. The maximum atomic E-state index is 6.31.